The number of rotatable bonds is 6. The van der Waals surface area contributed by atoms with E-state index in [0.29, 0.717) is 13.1 Å². The van der Waals surface area contributed by atoms with E-state index in [2.05, 4.69) is 28.4 Å². The average molecular weight is 331 g/mol. The number of nitrogens with zero attached hydrogens (tertiary/aromatic N) is 1. The third kappa shape index (κ3) is 4.56. The second-order valence-electron chi connectivity index (χ2n) is 6.88. The van der Waals surface area contributed by atoms with Gasteiger partial charge in [0, 0.05) is 19.6 Å². The quantitative estimate of drug-likeness (QED) is 0.834. The SMILES string of the molecule is NC[C@H]1CC[C@@H](C(=O)NCc2ccccc2CN2CCCCC2)O1. The highest BCUT2D eigenvalue weighted by molar-refractivity contribution is 5.81. The molecule has 1 aromatic rings. The molecule has 0 aromatic heterocycles. The van der Waals surface area contributed by atoms with Gasteiger partial charge in [-0.2, -0.15) is 0 Å². The topological polar surface area (TPSA) is 67.6 Å². The Kier molecular flexibility index (Phi) is 6.24. The fourth-order valence-corrected chi connectivity index (χ4v) is 3.61. The van der Waals surface area contributed by atoms with Gasteiger partial charge in [-0.1, -0.05) is 30.7 Å². The van der Waals surface area contributed by atoms with E-state index < -0.39 is 0 Å². The molecule has 2 aliphatic heterocycles. The highest BCUT2D eigenvalue weighted by Gasteiger charge is 2.29. The number of likely N-dealkylation sites (tertiary alicyclic amines) is 1. The molecule has 0 bridgehead atoms. The maximum atomic E-state index is 12.3. The van der Waals surface area contributed by atoms with E-state index in [9.17, 15) is 4.79 Å². The standard InChI is InChI=1S/C19H29N3O2/c20-12-17-8-9-18(24-17)19(23)21-13-15-6-2-3-7-16(15)14-22-10-4-1-5-11-22/h2-3,6-7,17-18H,1,4-5,8-14,20H2,(H,21,23)/t17-,18+/m1/s1. The minimum atomic E-state index is -0.340. The molecule has 2 aliphatic rings. The van der Waals surface area contributed by atoms with Crippen molar-refractivity contribution in [3.8, 4) is 0 Å². The Morgan fingerprint density at radius 1 is 1.17 bits per heavy atom. The molecule has 132 valence electrons. The Balaban J connectivity index is 1.54. The van der Waals surface area contributed by atoms with Crippen molar-refractivity contribution in [2.75, 3.05) is 19.6 Å². The van der Waals surface area contributed by atoms with E-state index in [1.165, 1.54) is 43.5 Å². The number of piperidine rings is 1. The smallest absolute Gasteiger partial charge is 0.249 e. The summed E-state index contributed by atoms with van der Waals surface area (Å²) in [5.41, 5.74) is 8.12. The maximum absolute atomic E-state index is 12.3. The van der Waals surface area contributed by atoms with Crippen LogP contribution in [0.25, 0.3) is 0 Å². The van der Waals surface area contributed by atoms with Gasteiger partial charge < -0.3 is 15.8 Å². The molecule has 0 unspecified atom stereocenters. The molecule has 0 saturated carbocycles. The molecule has 24 heavy (non-hydrogen) atoms. The monoisotopic (exact) mass is 331 g/mol. The number of nitrogens with two attached hydrogens (primary N) is 1. The van der Waals surface area contributed by atoms with Crippen molar-refractivity contribution in [1.82, 2.24) is 10.2 Å². The van der Waals surface area contributed by atoms with E-state index in [1.54, 1.807) is 0 Å². The van der Waals surface area contributed by atoms with Gasteiger partial charge in [-0.3, -0.25) is 9.69 Å². The minimum absolute atomic E-state index is 0.0151. The van der Waals surface area contributed by atoms with E-state index in [1.807, 2.05) is 6.07 Å². The molecule has 2 saturated heterocycles. The number of carbonyl (C=O) groups excluding carboxylic acids is 1. The molecule has 3 rings (SSSR count). The fraction of sp³-hybridized carbons (Fsp3) is 0.632. The average Bonchev–Trinajstić information content (AvgIpc) is 3.11. The van der Waals surface area contributed by atoms with Gasteiger partial charge in [-0.05, 0) is 49.9 Å². The summed E-state index contributed by atoms with van der Waals surface area (Å²) in [5.74, 6) is -0.0151. The van der Waals surface area contributed by atoms with Crippen molar-refractivity contribution in [2.45, 2.75) is 57.4 Å². The van der Waals surface area contributed by atoms with Crippen LogP contribution in [-0.2, 0) is 22.6 Å². The zero-order chi connectivity index (χ0) is 16.8. The Morgan fingerprint density at radius 3 is 2.62 bits per heavy atom. The van der Waals surface area contributed by atoms with Gasteiger partial charge in [-0.15, -0.1) is 0 Å². The van der Waals surface area contributed by atoms with Gasteiger partial charge in [-0.25, -0.2) is 0 Å². The lowest BCUT2D eigenvalue weighted by Crippen LogP contribution is -2.35. The van der Waals surface area contributed by atoms with Crippen molar-refractivity contribution in [1.29, 1.82) is 0 Å². The predicted octanol–water partition coefficient (Wildman–Crippen LogP) is 1.79. The Hall–Kier alpha value is -1.43. The second-order valence-corrected chi connectivity index (χ2v) is 6.88. The van der Waals surface area contributed by atoms with Gasteiger partial charge >= 0.3 is 0 Å². The molecule has 5 heteroatoms. The van der Waals surface area contributed by atoms with Crippen LogP contribution < -0.4 is 11.1 Å². The van der Waals surface area contributed by atoms with Crippen molar-refractivity contribution in [2.24, 2.45) is 5.73 Å². The molecule has 3 N–H and O–H groups in total. The Morgan fingerprint density at radius 2 is 1.92 bits per heavy atom. The van der Waals surface area contributed by atoms with Gasteiger partial charge in [0.25, 0.3) is 0 Å². The van der Waals surface area contributed by atoms with E-state index in [4.69, 9.17) is 10.5 Å². The summed E-state index contributed by atoms with van der Waals surface area (Å²) < 4.78 is 5.67. The van der Waals surface area contributed by atoms with Crippen LogP contribution in [0.2, 0.25) is 0 Å². The molecule has 0 aliphatic carbocycles. The molecule has 5 nitrogen and oxygen atoms in total. The first-order chi connectivity index (χ1) is 11.8. The first-order valence-electron chi connectivity index (χ1n) is 9.18. The van der Waals surface area contributed by atoms with Crippen molar-refractivity contribution < 1.29 is 9.53 Å². The molecule has 0 radical (unpaired) electrons. The van der Waals surface area contributed by atoms with E-state index >= 15 is 0 Å². The molecule has 2 fully saturated rings. The van der Waals surface area contributed by atoms with Crippen LogP contribution in [0, 0.1) is 0 Å². The molecular formula is C19H29N3O2. The summed E-state index contributed by atoms with van der Waals surface area (Å²) >= 11 is 0. The fourth-order valence-electron chi connectivity index (χ4n) is 3.61. The largest absolute Gasteiger partial charge is 0.364 e. The summed E-state index contributed by atoms with van der Waals surface area (Å²) in [6.07, 6.45) is 5.27. The third-order valence-corrected chi connectivity index (χ3v) is 5.08. The normalized spacial score (nSPS) is 24.9. The van der Waals surface area contributed by atoms with Crippen LogP contribution in [0.1, 0.15) is 43.2 Å². The van der Waals surface area contributed by atoms with Gasteiger partial charge in [0.2, 0.25) is 5.91 Å². The van der Waals surface area contributed by atoms with E-state index in [-0.39, 0.29) is 18.1 Å². The first-order valence-corrected chi connectivity index (χ1v) is 9.18. The summed E-state index contributed by atoms with van der Waals surface area (Å²) in [6, 6.07) is 8.40. The van der Waals surface area contributed by atoms with Crippen LogP contribution in [-0.4, -0.2) is 42.6 Å². The van der Waals surface area contributed by atoms with Crippen LogP contribution >= 0.6 is 0 Å². The summed E-state index contributed by atoms with van der Waals surface area (Å²) in [4.78, 5) is 14.8. The summed E-state index contributed by atoms with van der Waals surface area (Å²) in [5, 5.41) is 3.04. The maximum Gasteiger partial charge on any atom is 0.249 e. The second kappa shape index (κ2) is 8.60. The number of amides is 1. The molecule has 1 amide bonds. The van der Waals surface area contributed by atoms with E-state index in [0.717, 1.165) is 19.4 Å². The molecular weight excluding hydrogens is 302 g/mol. The van der Waals surface area contributed by atoms with Gasteiger partial charge in [0.1, 0.15) is 6.10 Å². The van der Waals surface area contributed by atoms with Crippen LogP contribution in [0.3, 0.4) is 0 Å². The molecule has 0 spiro atoms. The zero-order valence-electron chi connectivity index (χ0n) is 14.4. The molecule has 1 aromatic carbocycles. The van der Waals surface area contributed by atoms with Crippen molar-refractivity contribution in [3.63, 3.8) is 0 Å². The lowest BCUT2D eigenvalue weighted by molar-refractivity contribution is -0.132. The third-order valence-electron chi connectivity index (χ3n) is 5.08. The van der Waals surface area contributed by atoms with Crippen LogP contribution in [0.15, 0.2) is 24.3 Å². The molecule has 2 atom stereocenters. The zero-order valence-corrected chi connectivity index (χ0v) is 14.4. The van der Waals surface area contributed by atoms with Crippen LogP contribution in [0.5, 0.6) is 0 Å². The minimum Gasteiger partial charge on any atom is -0.364 e. The number of nitrogens with one attached hydrogen (secondary N) is 1. The summed E-state index contributed by atoms with van der Waals surface area (Å²) in [7, 11) is 0. The highest BCUT2D eigenvalue weighted by atomic mass is 16.5. The van der Waals surface area contributed by atoms with Gasteiger partial charge in [0.05, 0.1) is 6.10 Å². The number of hydrogen-bond donors (Lipinski definition) is 2. The predicted molar refractivity (Wildman–Crippen MR) is 94.4 cm³/mol. The highest BCUT2D eigenvalue weighted by Crippen LogP contribution is 2.20. The Labute approximate surface area is 144 Å². The Bertz CT molecular complexity index is 543. The first kappa shape index (κ1) is 17.4. The number of benzene rings is 1. The van der Waals surface area contributed by atoms with Crippen molar-refractivity contribution in [3.05, 3.63) is 35.4 Å². The molecule has 2 heterocycles. The number of ether oxygens (including phenoxy) is 1. The lowest BCUT2D eigenvalue weighted by Gasteiger charge is -2.27. The summed E-state index contributed by atoms with van der Waals surface area (Å²) in [6.45, 7) is 4.38. The number of hydrogen-bond acceptors (Lipinski definition) is 4. The van der Waals surface area contributed by atoms with Crippen LogP contribution in [0.4, 0.5) is 0 Å². The lowest BCUT2D eigenvalue weighted by atomic mass is 10.0. The van der Waals surface area contributed by atoms with Gasteiger partial charge in [0.15, 0.2) is 0 Å². The number of carbonyl (C=O) groups is 1. The van der Waals surface area contributed by atoms with Crippen molar-refractivity contribution >= 4 is 5.91 Å².